The second kappa shape index (κ2) is 5.20. The molecule has 0 saturated heterocycles. The van der Waals surface area contributed by atoms with Crippen molar-refractivity contribution < 1.29 is 9.18 Å². The molecule has 7 heteroatoms. The summed E-state index contributed by atoms with van der Waals surface area (Å²) < 4.78 is 15.3. The van der Waals surface area contributed by atoms with Gasteiger partial charge in [-0.3, -0.25) is 4.79 Å². The molecule has 25 heavy (non-hydrogen) atoms. The van der Waals surface area contributed by atoms with E-state index >= 15 is 0 Å². The summed E-state index contributed by atoms with van der Waals surface area (Å²) >= 11 is 0. The number of nitrogens with zero attached hydrogens (tertiary/aromatic N) is 4. The number of allylic oxidation sites excluding steroid dienone is 2. The summed E-state index contributed by atoms with van der Waals surface area (Å²) in [6, 6.07) is 4.32. The summed E-state index contributed by atoms with van der Waals surface area (Å²) in [7, 11) is 0. The third-order valence-corrected chi connectivity index (χ3v) is 4.81. The molecule has 1 aromatic carbocycles. The molecule has 0 spiro atoms. The van der Waals surface area contributed by atoms with Crippen LogP contribution in [-0.2, 0) is 4.79 Å². The number of rotatable bonds is 2. The van der Waals surface area contributed by atoms with Crippen molar-refractivity contribution in [1.29, 1.82) is 0 Å². The van der Waals surface area contributed by atoms with Crippen LogP contribution < -0.4 is 5.32 Å². The maximum atomic E-state index is 13.5. The number of carbonyl (C=O) groups excluding carboxylic acids is 1. The van der Waals surface area contributed by atoms with Crippen LogP contribution in [0.4, 0.5) is 10.1 Å². The number of hydrogen-bond donors (Lipinski definition) is 1. The minimum absolute atomic E-state index is 0.214. The first-order valence-corrected chi connectivity index (χ1v) is 8.21. The van der Waals surface area contributed by atoms with Crippen LogP contribution in [0, 0.1) is 5.82 Å². The molecular formula is C18H14FN5O. The van der Waals surface area contributed by atoms with Crippen LogP contribution in [0.5, 0.6) is 0 Å². The number of fused-ring (bicyclic) bond motifs is 2. The zero-order valence-electron chi connectivity index (χ0n) is 13.2. The molecule has 2 aliphatic rings. The van der Waals surface area contributed by atoms with Crippen LogP contribution in [0.15, 0.2) is 36.8 Å². The van der Waals surface area contributed by atoms with Gasteiger partial charge in [0.05, 0.1) is 17.3 Å². The first-order chi connectivity index (χ1) is 12.2. The predicted octanol–water partition coefficient (Wildman–Crippen LogP) is 3.07. The topological polar surface area (TPSA) is 72.7 Å². The average molecular weight is 335 g/mol. The first-order valence-electron chi connectivity index (χ1n) is 8.21. The van der Waals surface area contributed by atoms with Gasteiger partial charge in [-0.1, -0.05) is 12.1 Å². The fraction of sp³-hybridized carbons (Fsp3) is 0.222. The summed E-state index contributed by atoms with van der Waals surface area (Å²) in [5, 5.41) is 7.94. The molecule has 1 aliphatic heterocycles. The monoisotopic (exact) mass is 335 g/mol. The van der Waals surface area contributed by atoms with Crippen molar-refractivity contribution in [3.63, 3.8) is 0 Å². The number of aromatic nitrogens is 4. The van der Waals surface area contributed by atoms with Gasteiger partial charge in [0.1, 0.15) is 18.1 Å². The van der Waals surface area contributed by atoms with Gasteiger partial charge in [0.15, 0.2) is 5.65 Å². The molecule has 1 amide bonds. The highest BCUT2D eigenvalue weighted by molar-refractivity contribution is 6.06. The lowest BCUT2D eigenvalue weighted by atomic mass is 9.95. The summed E-state index contributed by atoms with van der Waals surface area (Å²) in [6.07, 6.45) is 8.44. The van der Waals surface area contributed by atoms with Crippen LogP contribution in [0.1, 0.15) is 36.4 Å². The van der Waals surface area contributed by atoms with Crippen molar-refractivity contribution in [2.24, 2.45) is 0 Å². The fourth-order valence-corrected chi connectivity index (χ4v) is 3.65. The quantitative estimate of drug-likeness (QED) is 0.781. The molecule has 0 radical (unpaired) electrons. The van der Waals surface area contributed by atoms with E-state index in [4.69, 9.17) is 0 Å². The highest BCUT2D eigenvalue weighted by Crippen LogP contribution is 2.39. The molecule has 1 N–H and O–H groups in total. The van der Waals surface area contributed by atoms with E-state index in [9.17, 15) is 9.18 Å². The van der Waals surface area contributed by atoms with Crippen molar-refractivity contribution >= 4 is 28.3 Å². The molecular weight excluding hydrogens is 321 g/mol. The number of nitrogens with one attached hydrogen (secondary N) is 1. The van der Waals surface area contributed by atoms with E-state index in [1.165, 1.54) is 18.5 Å². The standard InChI is InChI=1S/C18H14FN5O/c19-10-5-6-12-14(7-10)23-18(25)15(12)16-13-8-22-24(11-3-1-2-4-11)17(13)21-9-20-16/h3,5-9,15H,1-2,4H2,(H,23,25). The van der Waals surface area contributed by atoms with Crippen LogP contribution >= 0.6 is 0 Å². The van der Waals surface area contributed by atoms with E-state index < -0.39 is 5.92 Å². The average Bonchev–Trinajstić information content (AvgIpc) is 3.31. The number of benzene rings is 1. The van der Waals surface area contributed by atoms with Crippen LogP contribution in [0.2, 0.25) is 0 Å². The Balaban J connectivity index is 1.68. The van der Waals surface area contributed by atoms with E-state index in [0.717, 1.165) is 35.9 Å². The summed E-state index contributed by atoms with van der Waals surface area (Å²) in [6.45, 7) is 0. The largest absolute Gasteiger partial charge is 0.325 e. The molecule has 3 heterocycles. The number of amides is 1. The van der Waals surface area contributed by atoms with E-state index in [0.29, 0.717) is 17.0 Å². The zero-order valence-corrected chi connectivity index (χ0v) is 13.2. The summed E-state index contributed by atoms with van der Waals surface area (Å²) in [4.78, 5) is 21.2. The second-order valence-electron chi connectivity index (χ2n) is 6.29. The van der Waals surface area contributed by atoms with E-state index in [-0.39, 0.29) is 11.7 Å². The van der Waals surface area contributed by atoms with Gasteiger partial charge < -0.3 is 5.32 Å². The third-order valence-electron chi connectivity index (χ3n) is 4.81. The van der Waals surface area contributed by atoms with Gasteiger partial charge in [-0.2, -0.15) is 5.10 Å². The Morgan fingerprint density at radius 1 is 1.28 bits per heavy atom. The number of hydrogen-bond acceptors (Lipinski definition) is 4. The van der Waals surface area contributed by atoms with Crippen molar-refractivity contribution in [3.8, 4) is 0 Å². The van der Waals surface area contributed by atoms with E-state index in [2.05, 4.69) is 26.5 Å². The Morgan fingerprint density at radius 2 is 2.20 bits per heavy atom. The van der Waals surface area contributed by atoms with Gasteiger partial charge in [-0.15, -0.1) is 0 Å². The lowest BCUT2D eigenvalue weighted by Gasteiger charge is -2.09. The Morgan fingerprint density at radius 3 is 3.04 bits per heavy atom. The van der Waals surface area contributed by atoms with Crippen LogP contribution in [-0.4, -0.2) is 25.7 Å². The normalized spacial score (nSPS) is 19.2. The smallest absolute Gasteiger partial charge is 0.238 e. The molecule has 5 rings (SSSR count). The lowest BCUT2D eigenvalue weighted by Crippen LogP contribution is -2.15. The van der Waals surface area contributed by atoms with E-state index in [1.807, 2.05) is 4.68 Å². The molecule has 0 bridgehead atoms. The number of halogens is 1. The maximum absolute atomic E-state index is 13.5. The predicted molar refractivity (Wildman–Crippen MR) is 90.3 cm³/mol. The van der Waals surface area contributed by atoms with E-state index in [1.54, 1.807) is 12.3 Å². The van der Waals surface area contributed by atoms with Gasteiger partial charge in [-0.25, -0.2) is 19.0 Å². The Bertz CT molecular complexity index is 1050. The molecule has 0 saturated carbocycles. The number of anilines is 1. The van der Waals surface area contributed by atoms with Gasteiger partial charge in [0.2, 0.25) is 5.91 Å². The summed E-state index contributed by atoms with van der Waals surface area (Å²) in [5.41, 5.74) is 3.63. The Labute approximate surface area is 142 Å². The van der Waals surface area contributed by atoms with Crippen molar-refractivity contribution in [3.05, 3.63) is 53.9 Å². The van der Waals surface area contributed by atoms with Crippen molar-refractivity contribution in [2.75, 3.05) is 5.32 Å². The highest BCUT2D eigenvalue weighted by Gasteiger charge is 2.35. The third kappa shape index (κ3) is 2.08. The Kier molecular flexibility index (Phi) is 2.97. The zero-order chi connectivity index (χ0) is 17.0. The Hall–Kier alpha value is -3.09. The lowest BCUT2D eigenvalue weighted by molar-refractivity contribution is -0.116. The van der Waals surface area contributed by atoms with Gasteiger partial charge in [0, 0.05) is 11.4 Å². The number of carbonyl (C=O) groups is 1. The summed E-state index contributed by atoms with van der Waals surface area (Å²) in [5.74, 6) is -1.18. The fourth-order valence-electron chi connectivity index (χ4n) is 3.65. The molecule has 0 fully saturated rings. The SMILES string of the molecule is O=C1Nc2cc(F)ccc2C1c1ncnc2c1cnn2C1=CCCC1. The minimum atomic E-state index is -0.587. The minimum Gasteiger partial charge on any atom is -0.325 e. The highest BCUT2D eigenvalue weighted by atomic mass is 19.1. The van der Waals surface area contributed by atoms with Crippen molar-refractivity contribution in [2.45, 2.75) is 25.2 Å². The van der Waals surface area contributed by atoms with Gasteiger partial charge in [-0.05, 0) is 37.0 Å². The molecule has 6 nitrogen and oxygen atoms in total. The first kappa shape index (κ1) is 14.3. The maximum Gasteiger partial charge on any atom is 0.238 e. The van der Waals surface area contributed by atoms with Crippen molar-refractivity contribution in [1.82, 2.24) is 19.7 Å². The molecule has 124 valence electrons. The van der Waals surface area contributed by atoms with Gasteiger partial charge >= 0.3 is 0 Å². The van der Waals surface area contributed by atoms with Gasteiger partial charge in [0.25, 0.3) is 0 Å². The molecule has 1 unspecified atom stereocenters. The molecule has 1 aliphatic carbocycles. The molecule has 2 aromatic heterocycles. The van der Waals surface area contributed by atoms with Crippen LogP contribution in [0.25, 0.3) is 16.7 Å². The van der Waals surface area contributed by atoms with Crippen LogP contribution in [0.3, 0.4) is 0 Å². The molecule has 1 atom stereocenters. The second-order valence-corrected chi connectivity index (χ2v) is 6.29. The molecule has 3 aromatic rings.